The second-order valence-electron chi connectivity index (χ2n) is 7.71. The number of nitrogens with one attached hydrogen (secondary N) is 2. The highest BCUT2D eigenvalue weighted by molar-refractivity contribution is 5.96. The summed E-state index contributed by atoms with van der Waals surface area (Å²) in [6, 6.07) is 8.43. The average Bonchev–Trinajstić information content (AvgIpc) is 3.00. The zero-order chi connectivity index (χ0) is 17.9. The summed E-state index contributed by atoms with van der Waals surface area (Å²) in [6.45, 7) is 2.46. The van der Waals surface area contributed by atoms with Gasteiger partial charge in [-0.2, -0.15) is 0 Å². The summed E-state index contributed by atoms with van der Waals surface area (Å²) in [5.41, 5.74) is 1.41. The molecule has 6 heteroatoms. The molecule has 3 fully saturated rings. The Morgan fingerprint density at radius 1 is 1.08 bits per heavy atom. The fraction of sp³-hybridized carbons (Fsp3) is 0.600. The van der Waals surface area contributed by atoms with Gasteiger partial charge in [0.25, 0.3) is 5.91 Å². The first-order valence-corrected chi connectivity index (χ1v) is 9.70. The number of hydrogen-bond acceptors (Lipinski definition) is 4. The number of nitrogens with zero attached hydrogens (tertiary/aromatic N) is 1. The van der Waals surface area contributed by atoms with E-state index < -0.39 is 0 Å². The van der Waals surface area contributed by atoms with Gasteiger partial charge in [0.2, 0.25) is 5.91 Å². The van der Waals surface area contributed by atoms with Crippen LogP contribution < -0.4 is 10.6 Å². The van der Waals surface area contributed by atoms with E-state index in [1.54, 1.807) is 12.1 Å². The van der Waals surface area contributed by atoms with Gasteiger partial charge >= 0.3 is 0 Å². The smallest absolute Gasteiger partial charge is 0.254 e. The van der Waals surface area contributed by atoms with Crippen molar-refractivity contribution < 1.29 is 14.3 Å². The number of hydrogen-bond donors (Lipinski definition) is 2. The molecular weight excluding hydrogens is 330 g/mol. The molecule has 6 nitrogen and oxygen atoms in total. The first-order valence-electron chi connectivity index (χ1n) is 9.70. The molecule has 2 N–H and O–H groups in total. The predicted molar refractivity (Wildman–Crippen MR) is 99.1 cm³/mol. The van der Waals surface area contributed by atoms with Gasteiger partial charge in [0, 0.05) is 42.8 Å². The van der Waals surface area contributed by atoms with Crippen LogP contribution in [0.4, 0.5) is 5.69 Å². The lowest BCUT2D eigenvalue weighted by Crippen LogP contribution is -2.40. The Morgan fingerprint density at radius 3 is 2.38 bits per heavy atom. The van der Waals surface area contributed by atoms with Crippen LogP contribution in [0.1, 0.15) is 42.5 Å². The summed E-state index contributed by atoms with van der Waals surface area (Å²) in [6.07, 6.45) is 5.31. The third-order valence-electron chi connectivity index (χ3n) is 5.76. The molecule has 2 unspecified atom stereocenters. The molecule has 0 saturated carbocycles. The Kier molecular flexibility index (Phi) is 5.22. The second-order valence-corrected chi connectivity index (χ2v) is 7.71. The minimum Gasteiger partial charge on any atom is -0.378 e. The van der Waals surface area contributed by atoms with E-state index in [4.69, 9.17) is 4.74 Å². The van der Waals surface area contributed by atoms with E-state index in [-0.39, 0.29) is 11.8 Å². The molecule has 3 aliphatic heterocycles. The molecule has 0 aliphatic carbocycles. The lowest BCUT2D eigenvalue weighted by atomic mass is 9.89. The number of anilines is 1. The van der Waals surface area contributed by atoms with E-state index in [1.807, 2.05) is 17.0 Å². The highest BCUT2D eigenvalue weighted by atomic mass is 16.5. The molecule has 1 aromatic carbocycles. The number of carbonyl (C=O) groups excluding carboxylic acids is 2. The number of benzene rings is 1. The van der Waals surface area contributed by atoms with Gasteiger partial charge in [-0.3, -0.25) is 9.59 Å². The maximum atomic E-state index is 12.4. The molecule has 140 valence electrons. The number of fused-ring (bicyclic) bond motifs is 2. The maximum Gasteiger partial charge on any atom is 0.254 e. The van der Waals surface area contributed by atoms with Gasteiger partial charge in [0.1, 0.15) is 0 Å². The van der Waals surface area contributed by atoms with Gasteiger partial charge in [-0.1, -0.05) is 0 Å². The van der Waals surface area contributed by atoms with Gasteiger partial charge in [-0.05, 0) is 55.9 Å². The normalized spacial score (nSPS) is 28.0. The number of morpholine rings is 1. The third-order valence-corrected chi connectivity index (χ3v) is 5.76. The molecule has 2 bridgehead atoms. The maximum absolute atomic E-state index is 12.4. The van der Waals surface area contributed by atoms with Crippen molar-refractivity contribution in [3.05, 3.63) is 29.8 Å². The summed E-state index contributed by atoms with van der Waals surface area (Å²) in [7, 11) is 0. The molecule has 26 heavy (non-hydrogen) atoms. The topological polar surface area (TPSA) is 70.7 Å². The number of piperidine rings is 1. The molecule has 3 aliphatic rings. The SMILES string of the molecule is O=C(CC1CC2CCC(C1)N2)Nc1ccc(C(=O)N2CCOCC2)cc1. The molecule has 0 spiro atoms. The van der Waals surface area contributed by atoms with E-state index in [0.717, 1.165) is 18.5 Å². The Bertz CT molecular complexity index is 643. The van der Waals surface area contributed by atoms with E-state index >= 15 is 0 Å². The Labute approximate surface area is 154 Å². The summed E-state index contributed by atoms with van der Waals surface area (Å²) >= 11 is 0. The Morgan fingerprint density at radius 2 is 1.73 bits per heavy atom. The van der Waals surface area contributed by atoms with Gasteiger partial charge in [0.05, 0.1) is 13.2 Å². The van der Waals surface area contributed by atoms with E-state index in [2.05, 4.69) is 10.6 Å². The van der Waals surface area contributed by atoms with Crippen molar-refractivity contribution in [3.63, 3.8) is 0 Å². The van der Waals surface area contributed by atoms with Gasteiger partial charge in [-0.15, -0.1) is 0 Å². The molecule has 2 atom stereocenters. The molecule has 2 amide bonds. The molecular formula is C20H27N3O3. The predicted octanol–water partition coefficient (Wildman–Crippen LogP) is 2.02. The second kappa shape index (κ2) is 7.76. The van der Waals surface area contributed by atoms with E-state index in [0.29, 0.717) is 56.3 Å². The molecule has 3 heterocycles. The number of amides is 2. The standard InChI is InChI=1S/C20H27N3O3/c24-19(13-14-11-17-5-6-18(12-14)21-17)22-16-3-1-15(2-4-16)20(25)23-7-9-26-10-8-23/h1-4,14,17-18,21H,5-13H2,(H,22,24). The minimum absolute atomic E-state index is 0.0244. The van der Waals surface area contributed by atoms with Crippen molar-refractivity contribution in [1.29, 1.82) is 0 Å². The van der Waals surface area contributed by atoms with Crippen LogP contribution in [0.5, 0.6) is 0 Å². The monoisotopic (exact) mass is 357 g/mol. The van der Waals surface area contributed by atoms with Crippen molar-refractivity contribution in [1.82, 2.24) is 10.2 Å². The van der Waals surface area contributed by atoms with Crippen molar-refractivity contribution >= 4 is 17.5 Å². The van der Waals surface area contributed by atoms with Crippen LogP contribution in [0.15, 0.2) is 24.3 Å². The van der Waals surface area contributed by atoms with E-state index in [1.165, 1.54) is 12.8 Å². The van der Waals surface area contributed by atoms with Gasteiger partial charge in [-0.25, -0.2) is 0 Å². The summed E-state index contributed by atoms with van der Waals surface area (Å²) in [5.74, 6) is 0.579. The van der Waals surface area contributed by atoms with Crippen LogP contribution in [0, 0.1) is 5.92 Å². The van der Waals surface area contributed by atoms with Gasteiger partial charge in [0.15, 0.2) is 0 Å². The van der Waals surface area contributed by atoms with Crippen LogP contribution in [0.2, 0.25) is 0 Å². The fourth-order valence-corrected chi connectivity index (χ4v) is 4.46. The van der Waals surface area contributed by atoms with Crippen LogP contribution in [0.25, 0.3) is 0 Å². The highest BCUT2D eigenvalue weighted by Crippen LogP contribution is 2.32. The summed E-state index contributed by atoms with van der Waals surface area (Å²) < 4.78 is 5.28. The molecule has 3 saturated heterocycles. The molecule has 0 radical (unpaired) electrons. The van der Waals surface area contributed by atoms with Gasteiger partial charge < -0.3 is 20.3 Å². The fourth-order valence-electron chi connectivity index (χ4n) is 4.46. The first kappa shape index (κ1) is 17.5. The molecule has 1 aromatic rings. The first-order chi connectivity index (χ1) is 12.7. The number of rotatable bonds is 4. The van der Waals surface area contributed by atoms with Crippen LogP contribution in [-0.4, -0.2) is 55.1 Å². The largest absolute Gasteiger partial charge is 0.378 e. The Balaban J connectivity index is 1.29. The Hall–Kier alpha value is -1.92. The van der Waals surface area contributed by atoms with Crippen molar-refractivity contribution in [2.45, 2.75) is 44.2 Å². The van der Waals surface area contributed by atoms with Crippen molar-refractivity contribution in [2.75, 3.05) is 31.6 Å². The average molecular weight is 357 g/mol. The summed E-state index contributed by atoms with van der Waals surface area (Å²) in [4.78, 5) is 26.6. The number of ether oxygens (including phenoxy) is 1. The minimum atomic E-state index is 0.0244. The lowest BCUT2D eigenvalue weighted by Gasteiger charge is -2.28. The molecule has 0 aromatic heterocycles. The van der Waals surface area contributed by atoms with Crippen molar-refractivity contribution in [2.24, 2.45) is 5.92 Å². The van der Waals surface area contributed by atoms with Crippen molar-refractivity contribution in [3.8, 4) is 0 Å². The lowest BCUT2D eigenvalue weighted by molar-refractivity contribution is -0.117. The highest BCUT2D eigenvalue weighted by Gasteiger charge is 2.34. The van der Waals surface area contributed by atoms with Crippen LogP contribution in [0.3, 0.4) is 0 Å². The third kappa shape index (κ3) is 4.07. The van der Waals surface area contributed by atoms with Crippen LogP contribution in [-0.2, 0) is 9.53 Å². The zero-order valence-electron chi connectivity index (χ0n) is 15.1. The molecule has 4 rings (SSSR count). The zero-order valence-corrected chi connectivity index (χ0v) is 15.1. The van der Waals surface area contributed by atoms with E-state index in [9.17, 15) is 9.59 Å². The quantitative estimate of drug-likeness (QED) is 0.865. The number of carbonyl (C=O) groups is 2. The van der Waals surface area contributed by atoms with Crippen LogP contribution >= 0.6 is 0 Å². The summed E-state index contributed by atoms with van der Waals surface area (Å²) in [5, 5.41) is 6.59.